The molecule has 140 valence electrons. The lowest BCUT2D eigenvalue weighted by molar-refractivity contribution is -0.119. The highest BCUT2D eigenvalue weighted by atomic mass is 32.1. The molecule has 3 aromatic rings. The van der Waals surface area contributed by atoms with Gasteiger partial charge in [0, 0.05) is 6.92 Å². The van der Waals surface area contributed by atoms with Crippen molar-refractivity contribution < 1.29 is 19.4 Å². The molecule has 1 aromatic heterocycles. The van der Waals surface area contributed by atoms with Gasteiger partial charge < -0.3 is 19.9 Å². The van der Waals surface area contributed by atoms with E-state index < -0.39 is 0 Å². The number of aromatic hydroxyl groups is 1. The van der Waals surface area contributed by atoms with Gasteiger partial charge in [-0.2, -0.15) is 0 Å². The van der Waals surface area contributed by atoms with Gasteiger partial charge in [0.2, 0.25) is 11.0 Å². The van der Waals surface area contributed by atoms with E-state index in [0.29, 0.717) is 21.8 Å². The second-order valence-corrected chi connectivity index (χ2v) is 7.05. The standard InChI is InChI=1S/C20H20N2O4S/c1-12-10-16(24)6-9-18(12)26-20-21-11-19(27-20)25-17-7-4-15(5-8-17)13(2)22-14(3)23/h4-11,13,24H,1-3H3,(H,22,23). The molecule has 1 heterocycles. The molecule has 6 nitrogen and oxygen atoms in total. The summed E-state index contributed by atoms with van der Waals surface area (Å²) in [6, 6.07) is 12.3. The number of nitrogens with one attached hydrogen (secondary N) is 1. The number of thiazole rings is 1. The van der Waals surface area contributed by atoms with Gasteiger partial charge in [0.05, 0.1) is 12.2 Å². The molecule has 0 spiro atoms. The minimum absolute atomic E-state index is 0.0616. The number of phenols is 1. The Kier molecular flexibility index (Phi) is 5.61. The number of carbonyl (C=O) groups excluding carboxylic acids is 1. The molecule has 0 saturated carbocycles. The summed E-state index contributed by atoms with van der Waals surface area (Å²) in [7, 11) is 0. The molecule has 0 saturated heterocycles. The van der Waals surface area contributed by atoms with E-state index in [1.807, 2.05) is 38.1 Å². The zero-order valence-electron chi connectivity index (χ0n) is 15.2. The number of ether oxygens (including phenoxy) is 2. The number of rotatable bonds is 6. The van der Waals surface area contributed by atoms with Gasteiger partial charge in [0.1, 0.15) is 17.2 Å². The summed E-state index contributed by atoms with van der Waals surface area (Å²) in [5.74, 6) is 1.43. The summed E-state index contributed by atoms with van der Waals surface area (Å²) in [6.45, 7) is 5.27. The number of aromatic nitrogens is 1. The topological polar surface area (TPSA) is 80.7 Å². The third-order valence-corrected chi connectivity index (χ3v) is 4.59. The molecule has 1 unspecified atom stereocenters. The summed E-state index contributed by atoms with van der Waals surface area (Å²) < 4.78 is 11.6. The van der Waals surface area contributed by atoms with Crippen LogP contribution in [0.5, 0.6) is 27.5 Å². The molecule has 2 aromatic carbocycles. The van der Waals surface area contributed by atoms with Gasteiger partial charge in [-0.05, 0) is 66.6 Å². The predicted molar refractivity (Wildman–Crippen MR) is 104 cm³/mol. The van der Waals surface area contributed by atoms with Crippen LogP contribution in [-0.2, 0) is 4.79 Å². The van der Waals surface area contributed by atoms with E-state index in [1.165, 1.54) is 18.3 Å². The molecule has 0 aliphatic heterocycles. The van der Waals surface area contributed by atoms with Gasteiger partial charge in [0.15, 0.2) is 0 Å². The van der Waals surface area contributed by atoms with E-state index in [0.717, 1.165) is 11.1 Å². The highest BCUT2D eigenvalue weighted by Crippen LogP contribution is 2.35. The molecular weight excluding hydrogens is 364 g/mol. The van der Waals surface area contributed by atoms with E-state index in [9.17, 15) is 9.90 Å². The molecular formula is C20H20N2O4S. The average molecular weight is 384 g/mol. The van der Waals surface area contributed by atoms with E-state index in [2.05, 4.69) is 10.3 Å². The van der Waals surface area contributed by atoms with Crippen molar-refractivity contribution in [2.75, 3.05) is 0 Å². The zero-order chi connectivity index (χ0) is 19.4. The number of aryl methyl sites for hydroxylation is 1. The van der Waals surface area contributed by atoms with E-state index in [1.54, 1.807) is 24.4 Å². The number of hydrogen-bond acceptors (Lipinski definition) is 6. The van der Waals surface area contributed by atoms with Crippen LogP contribution in [0.2, 0.25) is 0 Å². The van der Waals surface area contributed by atoms with Crippen molar-refractivity contribution in [3.8, 4) is 27.5 Å². The first-order chi connectivity index (χ1) is 12.9. The second-order valence-electron chi connectivity index (χ2n) is 6.09. The Morgan fingerprint density at radius 2 is 1.93 bits per heavy atom. The fourth-order valence-corrected chi connectivity index (χ4v) is 3.16. The largest absolute Gasteiger partial charge is 0.508 e. The normalized spacial score (nSPS) is 11.7. The first-order valence-corrected chi connectivity index (χ1v) is 9.20. The Bertz CT molecular complexity index is 937. The van der Waals surface area contributed by atoms with Crippen LogP contribution in [0.4, 0.5) is 0 Å². The number of carbonyl (C=O) groups is 1. The molecule has 0 bridgehead atoms. The maximum absolute atomic E-state index is 11.1. The molecule has 3 rings (SSSR count). The van der Waals surface area contributed by atoms with Gasteiger partial charge in [-0.3, -0.25) is 4.79 Å². The smallest absolute Gasteiger partial charge is 0.282 e. The molecule has 0 aliphatic carbocycles. The van der Waals surface area contributed by atoms with Gasteiger partial charge in [-0.25, -0.2) is 4.98 Å². The fourth-order valence-electron chi connectivity index (χ4n) is 2.51. The van der Waals surface area contributed by atoms with E-state index >= 15 is 0 Å². The van der Waals surface area contributed by atoms with Crippen LogP contribution in [0.1, 0.15) is 31.0 Å². The summed E-state index contributed by atoms with van der Waals surface area (Å²) in [4.78, 5) is 15.4. The van der Waals surface area contributed by atoms with Crippen molar-refractivity contribution in [2.45, 2.75) is 26.8 Å². The predicted octanol–water partition coefficient (Wildman–Crippen LogP) is 4.94. The molecule has 2 N–H and O–H groups in total. The Labute approximate surface area is 161 Å². The summed E-state index contributed by atoms with van der Waals surface area (Å²) in [6.07, 6.45) is 1.60. The first-order valence-electron chi connectivity index (χ1n) is 8.39. The Morgan fingerprint density at radius 3 is 2.59 bits per heavy atom. The number of hydrogen-bond donors (Lipinski definition) is 2. The van der Waals surface area contributed by atoms with Crippen LogP contribution in [0, 0.1) is 6.92 Å². The first kappa shape index (κ1) is 18.7. The Hall–Kier alpha value is -3.06. The monoisotopic (exact) mass is 384 g/mol. The fraction of sp³-hybridized carbons (Fsp3) is 0.200. The molecule has 0 aliphatic rings. The van der Waals surface area contributed by atoms with E-state index in [4.69, 9.17) is 9.47 Å². The van der Waals surface area contributed by atoms with Crippen molar-refractivity contribution in [2.24, 2.45) is 0 Å². The number of amides is 1. The number of phenolic OH excluding ortho intramolecular Hbond substituents is 1. The lowest BCUT2D eigenvalue weighted by Gasteiger charge is -2.13. The van der Waals surface area contributed by atoms with Gasteiger partial charge in [-0.1, -0.05) is 12.1 Å². The highest BCUT2D eigenvalue weighted by molar-refractivity contribution is 7.15. The van der Waals surface area contributed by atoms with Crippen LogP contribution in [0.25, 0.3) is 0 Å². The van der Waals surface area contributed by atoms with Gasteiger partial charge in [0.25, 0.3) is 5.19 Å². The highest BCUT2D eigenvalue weighted by Gasteiger charge is 2.10. The van der Waals surface area contributed by atoms with Gasteiger partial charge in [-0.15, -0.1) is 0 Å². The van der Waals surface area contributed by atoms with Crippen molar-refractivity contribution in [1.29, 1.82) is 0 Å². The molecule has 27 heavy (non-hydrogen) atoms. The van der Waals surface area contributed by atoms with Crippen LogP contribution in [-0.4, -0.2) is 16.0 Å². The van der Waals surface area contributed by atoms with Crippen LogP contribution >= 0.6 is 11.3 Å². The maximum atomic E-state index is 11.1. The molecule has 1 atom stereocenters. The van der Waals surface area contributed by atoms with Crippen LogP contribution in [0.3, 0.4) is 0 Å². The number of nitrogens with zero attached hydrogens (tertiary/aromatic N) is 1. The maximum Gasteiger partial charge on any atom is 0.282 e. The summed E-state index contributed by atoms with van der Waals surface area (Å²) in [5, 5.41) is 13.4. The average Bonchev–Trinajstić information content (AvgIpc) is 3.04. The summed E-state index contributed by atoms with van der Waals surface area (Å²) in [5.41, 5.74) is 1.81. The third-order valence-electron chi connectivity index (χ3n) is 3.84. The second kappa shape index (κ2) is 8.09. The minimum atomic E-state index is -0.0659. The minimum Gasteiger partial charge on any atom is -0.508 e. The van der Waals surface area contributed by atoms with Gasteiger partial charge >= 0.3 is 0 Å². The lowest BCUT2D eigenvalue weighted by atomic mass is 10.1. The van der Waals surface area contributed by atoms with E-state index in [-0.39, 0.29) is 17.7 Å². The molecule has 1 amide bonds. The number of benzene rings is 2. The lowest BCUT2D eigenvalue weighted by Crippen LogP contribution is -2.23. The van der Waals surface area contributed by atoms with Crippen molar-refractivity contribution >= 4 is 17.2 Å². The summed E-state index contributed by atoms with van der Waals surface area (Å²) >= 11 is 1.28. The molecule has 0 fully saturated rings. The SMILES string of the molecule is CC(=O)NC(C)c1ccc(Oc2cnc(Oc3ccc(O)cc3C)s2)cc1. The quantitative estimate of drug-likeness (QED) is 0.629. The Balaban J connectivity index is 1.64. The Morgan fingerprint density at radius 1 is 1.19 bits per heavy atom. The third kappa shape index (κ3) is 4.98. The van der Waals surface area contributed by atoms with Crippen LogP contribution in [0.15, 0.2) is 48.7 Å². The van der Waals surface area contributed by atoms with Crippen molar-refractivity contribution in [1.82, 2.24) is 10.3 Å². The van der Waals surface area contributed by atoms with Crippen LogP contribution < -0.4 is 14.8 Å². The zero-order valence-corrected chi connectivity index (χ0v) is 16.0. The molecule has 7 heteroatoms. The van der Waals surface area contributed by atoms with Crippen molar-refractivity contribution in [3.63, 3.8) is 0 Å². The van der Waals surface area contributed by atoms with Crippen molar-refractivity contribution in [3.05, 3.63) is 59.8 Å². The molecule has 0 radical (unpaired) electrons.